The van der Waals surface area contributed by atoms with E-state index in [-0.39, 0.29) is 32.6 Å². The van der Waals surface area contributed by atoms with Crippen LogP contribution >= 0.6 is 0 Å². The first-order chi connectivity index (χ1) is 15.3. The maximum Gasteiger partial charge on any atom is 0.407 e. The van der Waals surface area contributed by atoms with E-state index in [0.29, 0.717) is 24.2 Å². The predicted octanol–water partition coefficient (Wildman–Crippen LogP) is 2.03. The zero-order valence-corrected chi connectivity index (χ0v) is 18.6. The van der Waals surface area contributed by atoms with Gasteiger partial charge in [0.05, 0.1) is 24.3 Å². The van der Waals surface area contributed by atoms with Gasteiger partial charge in [0.25, 0.3) is 11.8 Å². The van der Waals surface area contributed by atoms with Crippen LogP contribution in [0.3, 0.4) is 0 Å². The maximum absolute atomic E-state index is 12.7. The van der Waals surface area contributed by atoms with Gasteiger partial charge in [-0.1, -0.05) is 26.0 Å². The first-order valence-corrected chi connectivity index (χ1v) is 10.9. The number of carbonyl (C=O) groups is 4. The number of hydrogen-bond acceptors (Lipinski definition) is 7. The third-order valence-electron chi connectivity index (χ3n) is 5.06. The highest BCUT2D eigenvalue weighted by Gasteiger charge is 2.40. The van der Waals surface area contributed by atoms with Crippen molar-refractivity contribution in [1.82, 2.24) is 15.5 Å². The van der Waals surface area contributed by atoms with Crippen molar-refractivity contribution >= 4 is 24.0 Å². The molecule has 1 aromatic carbocycles. The maximum atomic E-state index is 12.7. The normalized spacial score (nSPS) is 13.0. The summed E-state index contributed by atoms with van der Waals surface area (Å²) in [5.74, 6) is -0.854. The number of imide groups is 1. The first kappa shape index (κ1) is 25.1. The first-order valence-electron chi connectivity index (χ1n) is 10.9. The van der Waals surface area contributed by atoms with Crippen LogP contribution in [0, 0.1) is 0 Å². The molecule has 4 N–H and O–H groups in total. The summed E-state index contributed by atoms with van der Waals surface area (Å²) in [5.41, 5.74) is 6.07. The lowest BCUT2D eigenvalue weighted by Crippen LogP contribution is -2.53. The van der Waals surface area contributed by atoms with E-state index >= 15 is 0 Å². The summed E-state index contributed by atoms with van der Waals surface area (Å²) in [6.45, 7) is 4.69. The molecule has 0 unspecified atom stereocenters. The van der Waals surface area contributed by atoms with Gasteiger partial charge in [0, 0.05) is 38.0 Å². The SMILES string of the molecule is CCCNC(=O)OCCC(N)(CCOC(=O)NCCC)CN1C(=O)c2ccccc2C1=O. The summed E-state index contributed by atoms with van der Waals surface area (Å²) in [7, 11) is 0. The van der Waals surface area contributed by atoms with Crippen molar-refractivity contribution in [1.29, 1.82) is 0 Å². The number of ether oxygens (including phenoxy) is 2. The van der Waals surface area contributed by atoms with Crippen molar-refractivity contribution in [2.75, 3.05) is 32.8 Å². The second-order valence-electron chi connectivity index (χ2n) is 7.73. The summed E-state index contributed by atoms with van der Waals surface area (Å²) < 4.78 is 10.3. The number of fused-ring (bicyclic) bond motifs is 1. The van der Waals surface area contributed by atoms with Crippen molar-refractivity contribution in [2.24, 2.45) is 5.73 Å². The molecule has 32 heavy (non-hydrogen) atoms. The van der Waals surface area contributed by atoms with E-state index in [1.165, 1.54) is 0 Å². The zero-order chi connectivity index (χ0) is 23.6. The van der Waals surface area contributed by atoms with Crippen molar-refractivity contribution in [3.8, 4) is 0 Å². The van der Waals surface area contributed by atoms with Gasteiger partial charge in [-0.05, 0) is 25.0 Å². The number of nitrogens with one attached hydrogen (secondary N) is 2. The van der Waals surface area contributed by atoms with Crippen LogP contribution in [-0.2, 0) is 9.47 Å². The molecule has 1 heterocycles. The smallest absolute Gasteiger partial charge is 0.407 e. The van der Waals surface area contributed by atoms with E-state index in [1.807, 2.05) is 13.8 Å². The molecule has 1 aliphatic rings. The fourth-order valence-electron chi connectivity index (χ4n) is 3.23. The summed E-state index contributed by atoms with van der Waals surface area (Å²) in [5, 5.41) is 5.19. The lowest BCUT2D eigenvalue weighted by Gasteiger charge is -2.32. The van der Waals surface area contributed by atoms with Crippen LogP contribution in [0.15, 0.2) is 24.3 Å². The number of nitrogens with two attached hydrogens (primary N) is 1. The molecule has 0 aromatic heterocycles. The summed E-state index contributed by atoms with van der Waals surface area (Å²) in [6, 6.07) is 6.57. The summed E-state index contributed by atoms with van der Waals surface area (Å²) in [4.78, 5) is 50.0. The van der Waals surface area contributed by atoms with Gasteiger partial charge in [-0.25, -0.2) is 9.59 Å². The molecule has 1 aromatic rings. The van der Waals surface area contributed by atoms with Gasteiger partial charge in [0.1, 0.15) is 0 Å². The fourth-order valence-corrected chi connectivity index (χ4v) is 3.23. The van der Waals surface area contributed by atoms with E-state index in [4.69, 9.17) is 15.2 Å². The molecule has 0 fully saturated rings. The number of nitrogens with zero attached hydrogens (tertiary/aromatic N) is 1. The van der Waals surface area contributed by atoms with E-state index < -0.39 is 29.5 Å². The van der Waals surface area contributed by atoms with Crippen LogP contribution in [-0.4, -0.2) is 67.3 Å². The monoisotopic (exact) mass is 448 g/mol. The largest absolute Gasteiger partial charge is 0.449 e. The average Bonchev–Trinajstić information content (AvgIpc) is 3.01. The molecule has 10 heteroatoms. The Balaban J connectivity index is 2.02. The molecule has 1 aliphatic heterocycles. The number of alkyl carbamates (subject to hydrolysis) is 2. The number of rotatable bonds is 12. The fraction of sp³-hybridized carbons (Fsp3) is 0.545. The Labute approximate surface area is 187 Å². The highest BCUT2D eigenvalue weighted by molar-refractivity contribution is 6.21. The summed E-state index contributed by atoms with van der Waals surface area (Å²) in [6.07, 6.45) is 0.746. The number of benzene rings is 1. The molecular formula is C22H32N4O6. The Morgan fingerprint density at radius 3 is 1.75 bits per heavy atom. The van der Waals surface area contributed by atoms with Gasteiger partial charge in [-0.3, -0.25) is 14.5 Å². The van der Waals surface area contributed by atoms with Gasteiger partial charge in [-0.15, -0.1) is 0 Å². The number of amides is 4. The van der Waals surface area contributed by atoms with E-state index in [2.05, 4.69) is 10.6 Å². The Hall–Kier alpha value is -3.14. The molecule has 0 aliphatic carbocycles. The van der Waals surface area contributed by atoms with Gasteiger partial charge in [0.2, 0.25) is 0 Å². The van der Waals surface area contributed by atoms with Crippen molar-refractivity contribution in [3.63, 3.8) is 0 Å². The lowest BCUT2D eigenvalue weighted by atomic mass is 9.92. The molecule has 4 amide bonds. The standard InChI is InChI=1S/C22H32N4O6/c1-3-11-24-20(29)31-13-9-22(23,10-14-32-21(30)25-12-4-2)15-26-18(27)16-7-5-6-8-17(16)19(26)28/h5-8H,3-4,9-15,23H2,1-2H3,(H,24,29)(H,25,30). The molecule has 0 radical (unpaired) electrons. The molecule has 0 saturated carbocycles. The Bertz CT molecular complexity index is 767. The van der Waals surface area contributed by atoms with Crippen molar-refractivity contribution in [2.45, 2.75) is 45.1 Å². The predicted molar refractivity (Wildman–Crippen MR) is 117 cm³/mol. The minimum Gasteiger partial charge on any atom is -0.449 e. The average molecular weight is 449 g/mol. The second-order valence-corrected chi connectivity index (χ2v) is 7.73. The Morgan fingerprint density at radius 1 is 0.906 bits per heavy atom. The Kier molecular flexibility index (Phi) is 9.45. The molecule has 176 valence electrons. The van der Waals surface area contributed by atoms with E-state index in [1.54, 1.807) is 24.3 Å². The van der Waals surface area contributed by atoms with Gasteiger partial charge >= 0.3 is 12.2 Å². The second kappa shape index (κ2) is 12.0. The van der Waals surface area contributed by atoms with Crippen LogP contribution < -0.4 is 16.4 Å². The molecule has 0 saturated heterocycles. The van der Waals surface area contributed by atoms with Crippen LogP contribution in [0.2, 0.25) is 0 Å². The van der Waals surface area contributed by atoms with E-state index in [9.17, 15) is 19.2 Å². The van der Waals surface area contributed by atoms with Gasteiger partial charge in [-0.2, -0.15) is 0 Å². The van der Waals surface area contributed by atoms with Crippen molar-refractivity contribution < 1.29 is 28.7 Å². The van der Waals surface area contributed by atoms with Crippen LogP contribution in [0.4, 0.5) is 9.59 Å². The highest BCUT2D eigenvalue weighted by atomic mass is 16.6. The molecule has 10 nitrogen and oxygen atoms in total. The number of carbonyl (C=O) groups excluding carboxylic acids is 4. The topological polar surface area (TPSA) is 140 Å². The summed E-state index contributed by atoms with van der Waals surface area (Å²) >= 11 is 0. The quantitative estimate of drug-likeness (QED) is 0.416. The molecule has 0 bridgehead atoms. The third-order valence-corrected chi connectivity index (χ3v) is 5.06. The van der Waals surface area contributed by atoms with Crippen LogP contribution in [0.5, 0.6) is 0 Å². The number of hydrogen-bond donors (Lipinski definition) is 3. The third kappa shape index (κ3) is 6.94. The molecular weight excluding hydrogens is 416 g/mol. The van der Waals surface area contributed by atoms with Crippen LogP contribution in [0.25, 0.3) is 0 Å². The van der Waals surface area contributed by atoms with Crippen LogP contribution in [0.1, 0.15) is 60.2 Å². The molecule has 0 atom stereocenters. The minimum atomic E-state index is -1.12. The molecule has 2 rings (SSSR count). The van der Waals surface area contributed by atoms with Gasteiger partial charge in [0.15, 0.2) is 0 Å². The molecule has 0 spiro atoms. The highest BCUT2D eigenvalue weighted by Crippen LogP contribution is 2.26. The zero-order valence-electron chi connectivity index (χ0n) is 18.6. The van der Waals surface area contributed by atoms with E-state index in [0.717, 1.165) is 17.7 Å². The minimum absolute atomic E-state index is 0.0166. The van der Waals surface area contributed by atoms with Crippen molar-refractivity contribution in [3.05, 3.63) is 35.4 Å². The lowest BCUT2D eigenvalue weighted by molar-refractivity contribution is 0.0567. The Morgan fingerprint density at radius 2 is 1.34 bits per heavy atom. The van der Waals surface area contributed by atoms with Gasteiger partial charge < -0.3 is 25.8 Å².